The van der Waals surface area contributed by atoms with Gasteiger partial charge in [0, 0.05) is 48.8 Å². The monoisotopic (exact) mass is 727 g/mol. The Bertz CT molecular complexity index is 3160. The molecule has 0 bridgehead atoms. The van der Waals surface area contributed by atoms with Crippen LogP contribution in [0.3, 0.4) is 0 Å². The molecule has 5 heteroatoms. The molecule has 0 fully saturated rings. The SMILES string of the molecule is CC(C)(C)c1cc(C(C)(C)C)c2oc3ncc4c(c5cc(C(C)(C)C)cc6c7c8c(oc9c(C(C)(C)C)cc(C(C)(C)C)cc98)c(C#N)cc7n4c56)c3c2c1. The van der Waals surface area contributed by atoms with Gasteiger partial charge >= 0.3 is 0 Å². The number of pyridine rings is 1. The molecule has 0 N–H and O–H groups in total. The molecule has 0 aliphatic rings. The van der Waals surface area contributed by atoms with Gasteiger partial charge in [0.15, 0.2) is 5.58 Å². The highest BCUT2D eigenvalue weighted by Crippen LogP contribution is 2.51. The van der Waals surface area contributed by atoms with Crippen molar-refractivity contribution < 1.29 is 8.83 Å². The Morgan fingerprint density at radius 3 is 1.44 bits per heavy atom. The Labute approximate surface area is 323 Å². The lowest BCUT2D eigenvalue weighted by Gasteiger charge is -2.25. The molecule has 0 spiro atoms. The van der Waals surface area contributed by atoms with Crippen molar-refractivity contribution in [3.8, 4) is 6.07 Å². The van der Waals surface area contributed by atoms with E-state index in [1.54, 1.807) is 0 Å². The third-order valence-corrected chi connectivity index (χ3v) is 12.1. The molecule has 0 atom stereocenters. The summed E-state index contributed by atoms with van der Waals surface area (Å²) in [4.78, 5) is 5.08. The highest BCUT2D eigenvalue weighted by atomic mass is 16.3. The second-order valence-electron chi connectivity index (χ2n) is 21.3. The predicted molar refractivity (Wildman–Crippen MR) is 232 cm³/mol. The first-order valence-corrected chi connectivity index (χ1v) is 19.8. The number of hydrogen-bond acceptors (Lipinski definition) is 4. The summed E-state index contributed by atoms with van der Waals surface area (Å²) in [6, 6.07) is 18.7. The first kappa shape index (κ1) is 35.6. The standard InChI is InChI=1S/C50H53N3O2/c1-46(2,3)26-17-29-37-35(16-25(23-51)42-39(37)31-19-27(47(4,5)6)21-33(43(31)54-42)49(10,11)12)53-36-24-52-45-40(38(36)30(18-26)41(29)53)32-20-28(48(7,8)9)22-34(44(32)55-45)50(13,14)15/h16-22,24H,1-15H3. The molecule has 5 nitrogen and oxygen atoms in total. The Kier molecular flexibility index (Phi) is 6.87. The Morgan fingerprint density at radius 1 is 0.491 bits per heavy atom. The zero-order chi connectivity index (χ0) is 39.7. The predicted octanol–water partition coefficient (Wildman–Crippen LogP) is 14.4. The van der Waals surface area contributed by atoms with E-state index in [0.29, 0.717) is 16.9 Å². The van der Waals surface area contributed by atoms with Crippen LogP contribution in [0.1, 0.15) is 137 Å². The molecule has 9 aromatic rings. The molecule has 0 amide bonds. The highest BCUT2D eigenvalue weighted by Gasteiger charge is 2.32. The molecule has 0 saturated carbocycles. The molecular formula is C50H53N3O2. The van der Waals surface area contributed by atoms with E-state index in [9.17, 15) is 5.26 Å². The number of furan rings is 2. The maximum Gasteiger partial charge on any atom is 0.228 e. The molecule has 0 radical (unpaired) electrons. The van der Waals surface area contributed by atoms with Gasteiger partial charge in [-0.15, -0.1) is 0 Å². The molecule has 9 rings (SSSR count). The van der Waals surface area contributed by atoms with Crippen molar-refractivity contribution in [3.05, 3.63) is 82.0 Å². The largest absolute Gasteiger partial charge is 0.454 e. The average molecular weight is 728 g/mol. The van der Waals surface area contributed by atoms with Gasteiger partial charge in [0.1, 0.15) is 17.2 Å². The van der Waals surface area contributed by atoms with Crippen LogP contribution in [0.2, 0.25) is 0 Å². The van der Waals surface area contributed by atoms with E-state index in [-0.39, 0.29) is 27.1 Å². The van der Waals surface area contributed by atoms with Gasteiger partial charge in [-0.05, 0) is 74.1 Å². The van der Waals surface area contributed by atoms with Gasteiger partial charge in [0.25, 0.3) is 0 Å². The van der Waals surface area contributed by atoms with E-state index in [4.69, 9.17) is 13.8 Å². The van der Waals surface area contributed by atoms with Gasteiger partial charge in [-0.1, -0.05) is 116 Å². The number of benzene rings is 4. The second kappa shape index (κ2) is 10.6. The lowest BCUT2D eigenvalue weighted by Crippen LogP contribution is -2.16. The fourth-order valence-electron chi connectivity index (χ4n) is 8.89. The average Bonchev–Trinajstić information content (AvgIpc) is 3.80. The smallest absolute Gasteiger partial charge is 0.228 e. The van der Waals surface area contributed by atoms with Crippen LogP contribution in [-0.2, 0) is 27.1 Å². The molecule has 0 aliphatic heterocycles. The van der Waals surface area contributed by atoms with E-state index >= 15 is 0 Å². The van der Waals surface area contributed by atoms with E-state index in [1.807, 2.05) is 12.3 Å². The maximum absolute atomic E-state index is 10.8. The minimum Gasteiger partial charge on any atom is -0.454 e. The van der Waals surface area contributed by atoms with E-state index in [2.05, 4.69) is 151 Å². The fourth-order valence-corrected chi connectivity index (χ4v) is 8.89. The second-order valence-corrected chi connectivity index (χ2v) is 21.3. The van der Waals surface area contributed by atoms with E-state index < -0.39 is 0 Å². The molecule has 0 saturated heterocycles. The number of aromatic nitrogens is 2. The third kappa shape index (κ3) is 4.92. The summed E-state index contributed by atoms with van der Waals surface area (Å²) in [5.74, 6) is 0. The lowest BCUT2D eigenvalue weighted by atomic mass is 9.79. The summed E-state index contributed by atoms with van der Waals surface area (Å²) in [5, 5.41) is 19.6. The van der Waals surface area contributed by atoms with Gasteiger partial charge in [-0.2, -0.15) is 5.26 Å². The van der Waals surface area contributed by atoms with Crippen LogP contribution in [0.5, 0.6) is 0 Å². The van der Waals surface area contributed by atoms with E-state index in [1.165, 1.54) is 27.6 Å². The summed E-state index contributed by atoms with van der Waals surface area (Å²) in [6.45, 7) is 34.0. The molecule has 0 unspecified atom stereocenters. The normalized spacial score (nSPS) is 14.1. The van der Waals surface area contributed by atoms with E-state index in [0.717, 1.165) is 71.0 Å². The van der Waals surface area contributed by atoms with Crippen molar-refractivity contribution in [2.24, 2.45) is 0 Å². The summed E-state index contributed by atoms with van der Waals surface area (Å²) < 4.78 is 16.1. The Balaban J connectivity index is 1.57. The third-order valence-electron chi connectivity index (χ3n) is 12.1. The minimum absolute atomic E-state index is 0.0593. The summed E-state index contributed by atoms with van der Waals surface area (Å²) in [7, 11) is 0. The van der Waals surface area contributed by atoms with Crippen LogP contribution < -0.4 is 0 Å². The molecule has 4 aromatic carbocycles. The quantitative estimate of drug-likeness (QED) is 0.156. The Morgan fingerprint density at radius 2 is 0.945 bits per heavy atom. The van der Waals surface area contributed by atoms with Gasteiger partial charge in [-0.3, -0.25) is 0 Å². The Hall–Kier alpha value is -5.08. The molecular weight excluding hydrogens is 675 g/mol. The van der Waals surface area contributed by atoms with Gasteiger partial charge in [0.2, 0.25) is 5.71 Å². The molecule has 0 aliphatic carbocycles. The van der Waals surface area contributed by atoms with Crippen LogP contribution in [-0.4, -0.2) is 9.38 Å². The number of nitriles is 1. The van der Waals surface area contributed by atoms with Crippen molar-refractivity contribution in [1.82, 2.24) is 9.38 Å². The van der Waals surface area contributed by atoms with Crippen LogP contribution in [0, 0.1) is 11.3 Å². The van der Waals surface area contributed by atoms with Crippen LogP contribution in [0.4, 0.5) is 0 Å². The fraction of sp³-hybridized carbons (Fsp3) is 0.400. The van der Waals surface area contributed by atoms with Crippen molar-refractivity contribution in [2.75, 3.05) is 0 Å². The highest BCUT2D eigenvalue weighted by molar-refractivity contribution is 6.36. The summed E-state index contributed by atoms with van der Waals surface area (Å²) in [5.41, 5.74) is 12.3. The molecule has 280 valence electrons. The van der Waals surface area contributed by atoms with Crippen LogP contribution in [0.25, 0.3) is 82.1 Å². The lowest BCUT2D eigenvalue weighted by molar-refractivity contribution is 0.557. The van der Waals surface area contributed by atoms with Crippen molar-refractivity contribution >= 4 is 82.1 Å². The number of fused-ring (bicyclic) bond motifs is 14. The van der Waals surface area contributed by atoms with Crippen molar-refractivity contribution in [1.29, 1.82) is 5.26 Å². The minimum atomic E-state index is -0.172. The zero-order valence-corrected chi connectivity index (χ0v) is 35.3. The number of rotatable bonds is 0. The number of hydrogen-bond donors (Lipinski definition) is 0. The zero-order valence-electron chi connectivity index (χ0n) is 35.3. The first-order chi connectivity index (χ1) is 25.4. The van der Waals surface area contributed by atoms with Crippen LogP contribution in [0.15, 0.2) is 57.5 Å². The first-order valence-electron chi connectivity index (χ1n) is 19.8. The molecule has 5 heterocycles. The maximum atomic E-state index is 10.8. The molecule has 5 aromatic heterocycles. The summed E-state index contributed by atoms with van der Waals surface area (Å²) >= 11 is 0. The summed E-state index contributed by atoms with van der Waals surface area (Å²) in [6.07, 6.45) is 1.98. The molecule has 55 heavy (non-hydrogen) atoms. The van der Waals surface area contributed by atoms with Crippen LogP contribution >= 0.6 is 0 Å². The van der Waals surface area contributed by atoms with Gasteiger partial charge < -0.3 is 13.2 Å². The van der Waals surface area contributed by atoms with Gasteiger partial charge in [-0.25, -0.2) is 4.98 Å². The van der Waals surface area contributed by atoms with Crippen molar-refractivity contribution in [3.63, 3.8) is 0 Å². The van der Waals surface area contributed by atoms with Gasteiger partial charge in [0.05, 0.1) is 33.7 Å². The topological polar surface area (TPSA) is 67.4 Å². The number of nitrogens with zero attached hydrogens (tertiary/aromatic N) is 3. The van der Waals surface area contributed by atoms with Crippen molar-refractivity contribution in [2.45, 2.75) is 131 Å².